The van der Waals surface area contributed by atoms with Crippen molar-refractivity contribution in [3.63, 3.8) is 0 Å². The van der Waals surface area contributed by atoms with Crippen molar-refractivity contribution >= 4 is 11.7 Å². The lowest BCUT2D eigenvalue weighted by Crippen LogP contribution is -2.16. The van der Waals surface area contributed by atoms with Crippen molar-refractivity contribution in [2.24, 2.45) is 0 Å². The minimum atomic E-state index is -0.441. The summed E-state index contributed by atoms with van der Waals surface area (Å²) in [7, 11) is 0. The van der Waals surface area contributed by atoms with Crippen LogP contribution in [-0.4, -0.2) is 32.7 Å². The Bertz CT molecular complexity index is 1290. The van der Waals surface area contributed by atoms with Crippen molar-refractivity contribution in [3.05, 3.63) is 72.1 Å². The predicted octanol–water partition coefficient (Wildman–Crippen LogP) is 3.12. The number of aromatic nitrogens is 4. The van der Waals surface area contributed by atoms with E-state index in [4.69, 9.17) is 9.47 Å². The molecule has 9 nitrogen and oxygen atoms in total. The lowest BCUT2D eigenvalue weighted by atomic mass is 10.1. The van der Waals surface area contributed by atoms with Gasteiger partial charge in [-0.15, -0.1) is 0 Å². The van der Waals surface area contributed by atoms with Crippen LogP contribution in [0.1, 0.15) is 16.1 Å². The maximum Gasteiger partial charge on any atom is 0.274 e. The third-order valence-corrected chi connectivity index (χ3v) is 4.61. The van der Waals surface area contributed by atoms with Gasteiger partial charge < -0.3 is 14.8 Å². The van der Waals surface area contributed by atoms with Gasteiger partial charge in [0.2, 0.25) is 6.79 Å². The Balaban J connectivity index is 1.42. The number of amides is 1. The number of H-pyrrole nitrogens is 1. The molecule has 1 aliphatic heterocycles. The zero-order valence-electron chi connectivity index (χ0n) is 15.5. The van der Waals surface area contributed by atoms with E-state index in [1.54, 1.807) is 18.2 Å². The number of ether oxygens (including phenoxy) is 2. The molecule has 1 aliphatic rings. The molecule has 2 N–H and O–H groups in total. The number of carbonyl (C=O) groups excluding carboxylic acids is 1. The van der Waals surface area contributed by atoms with Gasteiger partial charge in [0.15, 0.2) is 17.3 Å². The average molecular weight is 398 g/mol. The summed E-state index contributed by atoms with van der Waals surface area (Å²) in [6.45, 7) is 0.184. The Labute approximate surface area is 170 Å². The number of anilines is 1. The van der Waals surface area contributed by atoms with Gasteiger partial charge in [0.25, 0.3) is 5.91 Å². The standard InChI is InChI=1S/C21H14N6O3/c22-10-14-11-23-27(15-4-2-1-3-5-15)20(14)24-21(28)17-9-16(25-26-17)13-6-7-18-19(8-13)30-12-29-18/h1-9,11H,12H2,(H,24,28)(H,25,26). The summed E-state index contributed by atoms with van der Waals surface area (Å²) in [4.78, 5) is 12.8. The Kier molecular flexibility index (Phi) is 4.15. The van der Waals surface area contributed by atoms with Crippen LogP contribution in [0.25, 0.3) is 16.9 Å². The van der Waals surface area contributed by atoms with Gasteiger partial charge in [0.1, 0.15) is 17.3 Å². The van der Waals surface area contributed by atoms with E-state index in [0.717, 1.165) is 11.3 Å². The van der Waals surface area contributed by atoms with Crippen molar-refractivity contribution in [1.82, 2.24) is 20.0 Å². The first-order chi connectivity index (χ1) is 14.7. The van der Waals surface area contributed by atoms with Crippen LogP contribution in [0.3, 0.4) is 0 Å². The largest absolute Gasteiger partial charge is 0.454 e. The molecule has 0 radical (unpaired) electrons. The molecule has 4 aromatic rings. The number of benzene rings is 2. The number of aromatic amines is 1. The van der Waals surface area contributed by atoms with E-state index in [1.807, 2.05) is 42.5 Å². The molecule has 3 heterocycles. The summed E-state index contributed by atoms with van der Waals surface area (Å²) in [5.74, 6) is 1.15. The van der Waals surface area contributed by atoms with Gasteiger partial charge in [-0.25, -0.2) is 4.68 Å². The van der Waals surface area contributed by atoms with Crippen LogP contribution in [0.5, 0.6) is 11.5 Å². The molecule has 1 amide bonds. The number of para-hydroxylation sites is 1. The molecule has 0 spiro atoms. The maximum absolute atomic E-state index is 12.8. The zero-order chi connectivity index (χ0) is 20.5. The minimum absolute atomic E-state index is 0.184. The monoisotopic (exact) mass is 398 g/mol. The van der Waals surface area contributed by atoms with Gasteiger partial charge >= 0.3 is 0 Å². The van der Waals surface area contributed by atoms with Crippen LogP contribution >= 0.6 is 0 Å². The topological polar surface area (TPSA) is 118 Å². The Morgan fingerprint density at radius 3 is 2.80 bits per heavy atom. The molecule has 0 aliphatic carbocycles. The van der Waals surface area contributed by atoms with E-state index >= 15 is 0 Å². The average Bonchev–Trinajstić information content (AvgIpc) is 3.53. The minimum Gasteiger partial charge on any atom is -0.454 e. The van der Waals surface area contributed by atoms with Crippen LogP contribution in [0.2, 0.25) is 0 Å². The Morgan fingerprint density at radius 2 is 1.97 bits per heavy atom. The van der Waals surface area contributed by atoms with Crippen LogP contribution in [0.15, 0.2) is 60.8 Å². The molecule has 9 heteroatoms. The first-order valence-electron chi connectivity index (χ1n) is 9.03. The van der Waals surface area contributed by atoms with E-state index in [9.17, 15) is 10.1 Å². The van der Waals surface area contributed by atoms with Crippen molar-refractivity contribution in [1.29, 1.82) is 5.26 Å². The van der Waals surface area contributed by atoms with E-state index in [-0.39, 0.29) is 23.9 Å². The third-order valence-electron chi connectivity index (χ3n) is 4.61. The number of nitrogens with zero attached hydrogens (tertiary/aromatic N) is 4. The summed E-state index contributed by atoms with van der Waals surface area (Å²) >= 11 is 0. The fraction of sp³-hybridized carbons (Fsp3) is 0.0476. The van der Waals surface area contributed by atoms with Gasteiger partial charge in [0.05, 0.1) is 17.6 Å². The van der Waals surface area contributed by atoms with Crippen LogP contribution in [-0.2, 0) is 0 Å². The molecule has 5 rings (SSSR count). The number of fused-ring (bicyclic) bond motifs is 1. The summed E-state index contributed by atoms with van der Waals surface area (Å²) in [6, 6.07) is 18.3. The molecule has 146 valence electrons. The third kappa shape index (κ3) is 3.02. The van der Waals surface area contributed by atoms with E-state index in [0.29, 0.717) is 17.2 Å². The molecule has 0 bridgehead atoms. The number of hydrogen-bond donors (Lipinski definition) is 2. The SMILES string of the molecule is N#Cc1cnn(-c2ccccc2)c1NC(=O)c1cc(-c2ccc3c(c2)OCO3)n[nH]1. The second-order valence-corrected chi connectivity index (χ2v) is 6.46. The molecular weight excluding hydrogens is 384 g/mol. The van der Waals surface area contributed by atoms with Gasteiger partial charge in [-0.3, -0.25) is 9.89 Å². The summed E-state index contributed by atoms with van der Waals surface area (Å²) in [5.41, 5.74) is 2.58. The predicted molar refractivity (Wildman–Crippen MR) is 106 cm³/mol. The van der Waals surface area contributed by atoms with Crippen LogP contribution in [0.4, 0.5) is 5.82 Å². The molecular formula is C21H14N6O3. The highest BCUT2D eigenvalue weighted by Gasteiger charge is 2.19. The van der Waals surface area contributed by atoms with Crippen molar-refractivity contribution in [2.75, 3.05) is 12.1 Å². The molecule has 0 saturated carbocycles. The zero-order valence-corrected chi connectivity index (χ0v) is 15.5. The molecule has 30 heavy (non-hydrogen) atoms. The van der Waals surface area contributed by atoms with Gasteiger partial charge in [0, 0.05) is 5.56 Å². The lowest BCUT2D eigenvalue weighted by molar-refractivity contribution is 0.102. The van der Waals surface area contributed by atoms with Gasteiger partial charge in [-0.2, -0.15) is 15.5 Å². The van der Waals surface area contributed by atoms with Crippen LogP contribution in [0, 0.1) is 11.3 Å². The van der Waals surface area contributed by atoms with Gasteiger partial charge in [-0.05, 0) is 36.4 Å². The van der Waals surface area contributed by atoms with Crippen LogP contribution < -0.4 is 14.8 Å². The highest BCUT2D eigenvalue weighted by molar-refractivity contribution is 6.03. The van der Waals surface area contributed by atoms with E-state index in [2.05, 4.69) is 20.6 Å². The van der Waals surface area contributed by atoms with Crippen molar-refractivity contribution in [3.8, 4) is 34.5 Å². The fourth-order valence-electron chi connectivity index (χ4n) is 3.13. The second-order valence-electron chi connectivity index (χ2n) is 6.46. The molecule has 0 atom stereocenters. The second kappa shape index (κ2) is 7.10. The number of hydrogen-bond acceptors (Lipinski definition) is 6. The summed E-state index contributed by atoms with van der Waals surface area (Å²) in [5, 5.41) is 23.3. The number of carbonyl (C=O) groups is 1. The lowest BCUT2D eigenvalue weighted by Gasteiger charge is -2.08. The first kappa shape index (κ1) is 17.5. The number of nitriles is 1. The smallest absolute Gasteiger partial charge is 0.274 e. The number of rotatable bonds is 4. The van der Waals surface area contributed by atoms with Gasteiger partial charge in [-0.1, -0.05) is 18.2 Å². The quantitative estimate of drug-likeness (QED) is 0.545. The highest BCUT2D eigenvalue weighted by atomic mass is 16.7. The van der Waals surface area contributed by atoms with Crippen molar-refractivity contribution < 1.29 is 14.3 Å². The molecule has 0 unspecified atom stereocenters. The Hall–Kier alpha value is -4.58. The first-order valence-corrected chi connectivity index (χ1v) is 9.03. The molecule has 0 saturated heterocycles. The molecule has 2 aromatic carbocycles. The molecule has 0 fully saturated rings. The summed E-state index contributed by atoms with van der Waals surface area (Å²) < 4.78 is 12.2. The maximum atomic E-state index is 12.8. The molecule has 2 aromatic heterocycles. The fourth-order valence-corrected chi connectivity index (χ4v) is 3.13. The van der Waals surface area contributed by atoms with E-state index in [1.165, 1.54) is 10.9 Å². The summed E-state index contributed by atoms with van der Waals surface area (Å²) in [6.07, 6.45) is 1.41. The highest BCUT2D eigenvalue weighted by Crippen LogP contribution is 2.35. The van der Waals surface area contributed by atoms with Crippen molar-refractivity contribution in [2.45, 2.75) is 0 Å². The Morgan fingerprint density at radius 1 is 1.13 bits per heavy atom. The van der Waals surface area contributed by atoms with E-state index < -0.39 is 5.91 Å². The normalized spacial score (nSPS) is 11.8. The number of nitrogens with one attached hydrogen (secondary N) is 2.